The zero-order valence-corrected chi connectivity index (χ0v) is 10.7. The van der Waals surface area contributed by atoms with Crippen LogP contribution in [0.4, 0.5) is 5.69 Å². The molecule has 0 spiro atoms. The SMILES string of the molecule is COc1ccccc1NC(=O)CC(C)(C)C(=O)O. The van der Waals surface area contributed by atoms with Crippen molar-refractivity contribution < 1.29 is 19.4 Å². The van der Waals surface area contributed by atoms with E-state index in [1.54, 1.807) is 24.3 Å². The molecule has 0 radical (unpaired) electrons. The maximum atomic E-state index is 11.8. The molecule has 0 saturated carbocycles. The molecule has 0 fully saturated rings. The van der Waals surface area contributed by atoms with Gasteiger partial charge in [-0.3, -0.25) is 9.59 Å². The summed E-state index contributed by atoms with van der Waals surface area (Å²) in [4.78, 5) is 22.7. The van der Waals surface area contributed by atoms with Crippen LogP contribution in [0.5, 0.6) is 5.75 Å². The van der Waals surface area contributed by atoms with Crippen molar-refractivity contribution in [3.05, 3.63) is 24.3 Å². The molecule has 0 aromatic heterocycles. The highest BCUT2D eigenvalue weighted by atomic mass is 16.5. The van der Waals surface area contributed by atoms with Crippen LogP contribution in [0.1, 0.15) is 20.3 Å². The maximum Gasteiger partial charge on any atom is 0.309 e. The third-order valence-electron chi connectivity index (χ3n) is 2.56. The van der Waals surface area contributed by atoms with E-state index >= 15 is 0 Å². The second kappa shape index (κ2) is 5.53. The lowest BCUT2D eigenvalue weighted by Crippen LogP contribution is -2.29. The van der Waals surface area contributed by atoms with E-state index < -0.39 is 11.4 Å². The number of hydrogen-bond donors (Lipinski definition) is 2. The van der Waals surface area contributed by atoms with Crippen molar-refractivity contribution in [3.8, 4) is 5.75 Å². The predicted molar refractivity (Wildman–Crippen MR) is 67.7 cm³/mol. The molecule has 5 heteroatoms. The Bertz CT molecular complexity index is 454. The quantitative estimate of drug-likeness (QED) is 0.840. The van der Waals surface area contributed by atoms with Gasteiger partial charge in [0, 0.05) is 6.42 Å². The third-order valence-corrected chi connectivity index (χ3v) is 2.56. The second-order valence-electron chi connectivity index (χ2n) is 4.61. The lowest BCUT2D eigenvalue weighted by atomic mass is 9.89. The average molecular weight is 251 g/mol. The Labute approximate surface area is 106 Å². The highest BCUT2D eigenvalue weighted by Gasteiger charge is 2.30. The molecule has 0 unspecified atom stereocenters. The molecule has 0 bridgehead atoms. The number of benzene rings is 1. The smallest absolute Gasteiger partial charge is 0.309 e. The molecule has 0 aliphatic carbocycles. The summed E-state index contributed by atoms with van der Waals surface area (Å²) in [6, 6.07) is 6.97. The first kappa shape index (κ1) is 14.0. The molecule has 98 valence electrons. The highest BCUT2D eigenvalue weighted by Crippen LogP contribution is 2.25. The summed E-state index contributed by atoms with van der Waals surface area (Å²) in [6.07, 6.45) is -0.0968. The van der Waals surface area contributed by atoms with Crippen molar-refractivity contribution in [1.82, 2.24) is 0 Å². The topological polar surface area (TPSA) is 75.6 Å². The number of rotatable bonds is 5. The number of ether oxygens (including phenoxy) is 1. The Morgan fingerprint density at radius 3 is 2.50 bits per heavy atom. The van der Waals surface area contributed by atoms with Crippen LogP contribution >= 0.6 is 0 Å². The van der Waals surface area contributed by atoms with Crippen molar-refractivity contribution >= 4 is 17.6 Å². The summed E-state index contributed by atoms with van der Waals surface area (Å²) in [5.74, 6) is -0.816. The number of carboxylic acids is 1. The summed E-state index contributed by atoms with van der Waals surface area (Å²) in [5, 5.41) is 11.6. The average Bonchev–Trinajstić information content (AvgIpc) is 2.28. The zero-order chi connectivity index (χ0) is 13.8. The number of para-hydroxylation sites is 2. The highest BCUT2D eigenvalue weighted by molar-refractivity contribution is 5.95. The molecular weight excluding hydrogens is 234 g/mol. The second-order valence-corrected chi connectivity index (χ2v) is 4.61. The lowest BCUT2D eigenvalue weighted by Gasteiger charge is -2.18. The van der Waals surface area contributed by atoms with Crippen molar-refractivity contribution in [2.75, 3.05) is 12.4 Å². The number of hydrogen-bond acceptors (Lipinski definition) is 3. The lowest BCUT2D eigenvalue weighted by molar-refractivity contribution is -0.148. The molecule has 0 saturated heterocycles. The number of carboxylic acid groups (broad SMARTS) is 1. The van der Waals surface area contributed by atoms with Crippen LogP contribution in [0.3, 0.4) is 0 Å². The molecule has 1 aromatic carbocycles. The van der Waals surface area contributed by atoms with Crippen LogP contribution in [0.15, 0.2) is 24.3 Å². The van der Waals surface area contributed by atoms with E-state index in [0.29, 0.717) is 11.4 Å². The Balaban J connectivity index is 2.74. The first-order chi connectivity index (χ1) is 8.36. The van der Waals surface area contributed by atoms with E-state index in [9.17, 15) is 9.59 Å². The number of carbonyl (C=O) groups excluding carboxylic acids is 1. The fourth-order valence-corrected chi connectivity index (χ4v) is 1.42. The molecule has 5 nitrogen and oxygen atoms in total. The van der Waals surface area contributed by atoms with E-state index in [2.05, 4.69) is 5.32 Å². The molecule has 0 heterocycles. The first-order valence-electron chi connectivity index (χ1n) is 5.53. The zero-order valence-electron chi connectivity index (χ0n) is 10.7. The number of anilines is 1. The van der Waals surface area contributed by atoms with Gasteiger partial charge in [-0.05, 0) is 26.0 Å². The van der Waals surface area contributed by atoms with Gasteiger partial charge in [0.05, 0.1) is 18.2 Å². The molecular formula is C13H17NO4. The number of carbonyl (C=O) groups is 2. The number of nitrogens with one attached hydrogen (secondary N) is 1. The van der Waals surface area contributed by atoms with Crippen LogP contribution < -0.4 is 10.1 Å². The molecule has 0 aliphatic heterocycles. The largest absolute Gasteiger partial charge is 0.495 e. The van der Waals surface area contributed by atoms with Gasteiger partial charge in [-0.15, -0.1) is 0 Å². The Hall–Kier alpha value is -2.04. The minimum absolute atomic E-state index is 0.0968. The van der Waals surface area contributed by atoms with Gasteiger partial charge in [0.15, 0.2) is 0 Å². The van der Waals surface area contributed by atoms with E-state index in [0.717, 1.165) is 0 Å². The van der Waals surface area contributed by atoms with Crippen LogP contribution in [0.25, 0.3) is 0 Å². The van der Waals surface area contributed by atoms with Gasteiger partial charge in [0.1, 0.15) is 5.75 Å². The van der Waals surface area contributed by atoms with Crippen molar-refractivity contribution in [2.45, 2.75) is 20.3 Å². The monoisotopic (exact) mass is 251 g/mol. The van der Waals surface area contributed by atoms with Gasteiger partial charge in [-0.2, -0.15) is 0 Å². The first-order valence-corrected chi connectivity index (χ1v) is 5.53. The summed E-state index contributed by atoms with van der Waals surface area (Å²) >= 11 is 0. The summed E-state index contributed by atoms with van der Waals surface area (Å²) in [6.45, 7) is 3.02. The van der Waals surface area contributed by atoms with Crippen molar-refractivity contribution in [2.24, 2.45) is 5.41 Å². The summed E-state index contributed by atoms with van der Waals surface area (Å²) in [5.41, 5.74) is -0.558. The molecule has 18 heavy (non-hydrogen) atoms. The van der Waals surface area contributed by atoms with Gasteiger partial charge in [-0.25, -0.2) is 0 Å². The Morgan fingerprint density at radius 2 is 1.94 bits per heavy atom. The van der Waals surface area contributed by atoms with Gasteiger partial charge in [0.25, 0.3) is 0 Å². The Kier molecular flexibility index (Phi) is 4.31. The van der Waals surface area contributed by atoms with Crippen LogP contribution in [-0.2, 0) is 9.59 Å². The predicted octanol–water partition coefficient (Wildman–Crippen LogP) is 2.13. The van der Waals surface area contributed by atoms with E-state index in [1.807, 2.05) is 0 Å². The van der Waals surface area contributed by atoms with Gasteiger partial charge >= 0.3 is 5.97 Å². The summed E-state index contributed by atoms with van der Waals surface area (Å²) < 4.78 is 5.09. The number of amides is 1. The van der Waals surface area contributed by atoms with Crippen LogP contribution in [-0.4, -0.2) is 24.1 Å². The van der Waals surface area contributed by atoms with Gasteiger partial charge in [-0.1, -0.05) is 12.1 Å². The Morgan fingerprint density at radius 1 is 1.33 bits per heavy atom. The molecule has 1 aromatic rings. The van der Waals surface area contributed by atoms with Gasteiger partial charge in [0.2, 0.25) is 5.91 Å². The van der Waals surface area contributed by atoms with Crippen LogP contribution in [0, 0.1) is 5.41 Å². The minimum atomic E-state index is -1.09. The van der Waals surface area contributed by atoms with E-state index in [-0.39, 0.29) is 12.3 Å². The van der Waals surface area contributed by atoms with Crippen molar-refractivity contribution in [3.63, 3.8) is 0 Å². The van der Waals surface area contributed by atoms with Gasteiger partial charge < -0.3 is 15.2 Å². The minimum Gasteiger partial charge on any atom is -0.495 e. The van der Waals surface area contributed by atoms with Crippen molar-refractivity contribution in [1.29, 1.82) is 0 Å². The third kappa shape index (κ3) is 3.48. The molecule has 0 aliphatic rings. The summed E-state index contributed by atoms with van der Waals surface area (Å²) in [7, 11) is 1.51. The maximum absolute atomic E-state index is 11.8. The fourth-order valence-electron chi connectivity index (χ4n) is 1.42. The number of methoxy groups -OCH3 is 1. The molecule has 0 atom stereocenters. The fraction of sp³-hybridized carbons (Fsp3) is 0.385. The van der Waals surface area contributed by atoms with E-state index in [4.69, 9.17) is 9.84 Å². The van der Waals surface area contributed by atoms with E-state index in [1.165, 1.54) is 21.0 Å². The van der Waals surface area contributed by atoms with Crippen LogP contribution in [0.2, 0.25) is 0 Å². The molecule has 1 rings (SSSR count). The standard InChI is InChI=1S/C13H17NO4/c1-13(2,12(16)17)8-11(15)14-9-6-4-5-7-10(9)18-3/h4-7H,8H2,1-3H3,(H,14,15)(H,16,17). The normalized spacial score (nSPS) is 10.8. The molecule has 2 N–H and O–H groups in total. The molecule has 1 amide bonds. The number of aliphatic carboxylic acids is 1.